The van der Waals surface area contributed by atoms with Crippen molar-refractivity contribution in [1.82, 2.24) is 30.0 Å². The number of anilines is 1. The van der Waals surface area contributed by atoms with Gasteiger partial charge in [0.2, 0.25) is 5.82 Å². The number of halogens is 1. The van der Waals surface area contributed by atoms with E-state index < -0.39 is 12.0 Å². The van der Waals surface area contributed by atoms with Crippen LogP contribution in [0.2, 0.25) is 5.02 Å². The highest BCUT2D eigenvalue weighted by Crippen LogP contribution is 2.19. The molecule has 1 aromatic carbocycles. The summed E-state index contributed by atoms with van der Waals surface area (Å²) in [6.45, 7) is 1.53. The molecular formula is C16H16ClN7O3. The summed E-state index contributed by atoms with van der Waals surface area (Å²) in [5.74, 6) is -0.775. The number of aromatic nitrogens is 6. The molecule has 0 fully saturated rings. The maximum atomic E-state index is 12.5. The molecule has 0 saturated heterocycles. The summed E-state index contributed by atoms with van der Waals surface area (Å²) < 4.78 is 1.21. The molecule has 0 bridgehead atoms. The fourth-order valence-corrected chi connectivity index (χ4v) is 2.52. The van der Waals surface area contributed by atoms with E-state index in [-0.39, 0.29) is 18.3 Å². The van der Waals surface area contributed by atoms with Gasteiger partial charge in [-0.15, -0.1) is 10.2 Å². The van der Waals surface area contributed by atoms with E-state index in [4.69, 9.17) is 16.7 Å². The van der Waals surface area contributed by atoms with Crippen LogP contribution in [0.1, 0.15) is 19.4 Å². The van der Waals surface area contributed by atoms with E-state index >= 15 is 0 Å². The third-order valence-corrected chi connectivity index (χ3v) is 3.94. The number of carboxylic acids is 1. The molecule has 2 aromatic heterocycles. The lowest BCUT2D eigenvalue weighted by Gasteiger charge is -2.12. The molecular weight excluding hydrogens is 374 g/mol. The largest absolute Gasteiger partial charge is 0.480 e. The Balaban J connectivity index is 1.72. The smallest absolute Gasteiger partial charge is 0.325 e. The summed E-state index contributed by atoms with van der Waals surface area (Å²) in [4.78, 5) is 24.5. The van der Waals surface area contributed by atoms with Crippen molar-refractivity contribution in [1.29, 1.82) is 0 Å². The molecule has 2 heterocycles. The minimum absolute atomic E-state index is 0.248. The molecule has 1 unspecified atom stereocenters. The van der Waals surface area contributed by atoms with Gasteiger partial charge in [0.05, 0.1) is 0 Å². The Bertz CT molecular complexity index is 951. The molecule has 0 radical (unpaired) electrons. The second kappa shape index (κ2) is 7.96. The van der Waals surface area contributed by atoms with Crippen LogP contribution in [0.25, 0.3) is 11.4 Å². The number of nitrogens with one attached hydrogen (secondary N) is 1. The minimum Gasteiger partial charge on any atom is -0.480 e. The Morgan fingerprint density at radius 3 is 2.63 bits per heavy atom. The van der Waals surface area contributed by atoms with Crippen LogP contribution >= 0.6 is 11.6 Å². The molecule has 0 spiro atoms. The van der Waals surface area contributed by atoms with E-state index in [0.717, 1.165) is 5.56 Å². The SMILES string of the molecule is CCC(C(=O)Nc1ccn(CC(=O)O)n1)n1nnc(-c2ccc(Cl)cc2)n1. The van der Waals surface area contributed by atoms with E-state index in [1.807, 2.05) is 6.92 Å². The molecule has 2 N–H and O–H groups in total. The van der Waals surface area contributed by atoms with E-state index in [1.165, 1.54) is 21.7 Å². The third kappa shape index (κ3) is 4.47. The molecule has 1 atom stereocenters. The quantitative estimate of drug-likeness (QED) is 0.631. The lowest BCUT2D eigenvalue weighted by Crippen LogP contribution is -2.27. The first-order valence-corrected chi connectivity index (χ1v) is 8.45. The van der Waals surface area contributed by atoms with Crippen LogP contribution in [0, 0.1) is 0 Å². The first-order valence-electron chi connectivity index (χ1n) is 8.08. The predicted octanol–water partition coefficient (Wildman–Crippen LogP) is 1.86. The van der Waals surface area contributed by atoms with Crippen molar-refractivity contribution in [3.05, 3.63) is 41.6 Å². The van der Waals surface area contributed by atoms with Gasteiger partial charge in [0, 0.05) is 22.8 Å². The van der Waals surface area contributed by atoms with Gasteiger partial charge in [0.15, 0.2) is 11.9 Å². The number of hydrogen-bond acceptors (Lipinski definition) is 6. The average molecular weight is 390 g/mol. The van der Waals surface area contributed by atoms with Crippen molar-refractivity contribution >= 4 is 29.3 Å². The Labute approximate surface area is 158 Å². The first-order chi connectivity index (χ1) is 13.0. The van der Waals surface area contributed by atoms with Crippen molar-refractivity contribution in [3.8, 4) is 11.4 Å². The lowest BCUT2D eigenvalue weighted by atomic mass is 10.2. The molecule has 0 aliphatic heterocycles. The number of aliphatic carboxylic acids is 1. The number of carbonyl (C=O) groups excluding carboxylic acids is 1. The van der Waals surface area contributed by atoms with Crippen molar-refractivity contribution in [2.45, 2.75) is 25.9 Å². The Kier molecular flexibility index (Phi) is 5.46. The second-order valence-corrected chi connectivity index (χ2v) is 6.08. The van der Waals surface area contributed by atoms with Crippen LogP contribution in [-0.4, -0.2) is 47.0 Å². The molecule has 3 aromatic rings. The number of rotatable bonds is 7. The van der Waals surface area contributed by atoms with Crippen LogP contribution in [0.15, 0.2) is 36.5 Å². The van der Waals surface area contributed by atoms with E-state index in [9.17, 15) is 9.59 Å². The maximum absolute atomic E-state index is 12.5. The highest BCUT2D eigenvalue weighted by molar-refractivity contribution is 6.30. The number of benzene rings is 1. The summed E-state index contributed by atoms with van der Waals surface area (Å²) in [5, 5.41) is 28.2. The van der Waals surface area contributed by atoms with Gasteiger partial charge in [-0.2, -0.15) is 9.90 Å². The number of nitrogens with zero attached hydrogens (tertiary/aromatic N) is 6. The van der Waals surface area contributed by atoms with Crippen LogP contribution < -0.4 is 5.32 Å². The molecule has 0 saturated carbocycles. The molecule has 140 valence electrons. The third-order valence-electron chi connectivity index (χ3n) is 3.69. The molecule has 27 heavy (non-hydrogen) atoms. The molecule has 3 rings (SSSR count). The zero-order chi connectivity index (χ0) is 19.4. The Morgan fingerprint density at radius 1 is 1.22 bits per heavy atom. The monoisotopic (exact) mass is 389 g/mol. The van der Waals surface area contributed by atoms with Gasteiger partial charge in [-0.3, -0.25) is 14.3 Å². The van der Waals surface area contributed by atoms with Crippen LogP contribution in [-0.2, 0) is 16.1 Å². The van der Waals surface area contributed by atoms with Crippen molar-refractivity contribution in [3.63, 3.8) is 0 Å². The summed E-state index contributed by atoms with van der Waals surface area (Å²) in [6, 6.07) is 7.79. The lowest BCUT2D eigenvalue weighted by molar-refractivity contribution is -0.137. The first kappa shape index (κ1) is 18.5. The highest BCUT2D eigenvalue weighted by atomic mass is 35.5. The van der Waals surface area contributed by atoms with Gasteiger partial charge in [-0.25, -0.2) is 0 Å². The van der Waals surface area contributed by atoms with Crippen molar-refractivity contribution < 1.29 is 14.7 Å². The van der Waals surface area contributed by atoms with Gasteiger partial charge in [0.1, 0.15) is 6.54 Å². The zero-order valence-corrected chi connectivity index (χ0v) is 15.0. The topological polar surface area (TPSA) is 128 Å². The Morgan fingerprint density at radius 2 is 1.96 bits per heavy atom. The highest BCUT2D eigenvalue weighted by Gasteiger charge is 2.23. The fourth-order valence-electron chi connectivity index (χ4n) is 2.39. The van der Waals surface area contributed by atoms with Gasteiger partial charge < -0.3 is 10.4 Å². The van der Waals surface area contributed by atoms with E-state index in [0.29, 0.717) is 17.3 Å². The van der Waals surface area contributed by atoms with Gasteiger partial charge >= 0.3 is 5.97 Å². The number of hydrogen-bond donors (Lipinski definition) is 2. The van der Waals surface area contributed by atoms with Gasteiger partial charge in [0.25, 0.3) is 5.91 Å². The summed E-state index contributed by atoms with van der Waals surface area (Å²) in [7, 11) is 0. The van der Waals surface area contributed by atoms with Crippen LogP contribution in [0.3, 0.4) is 0 Å². The molecule has 0 aliphatic rings. The zero-order valence-electron chi connectivity index (χ0n) is 14.3. The predicted molar refractivity (Wildman–Crippen MR) is 96.1 cm³/mol. The van der Waals surface area contributed by atoms with Crippen molar-refractivity contribution in [2.75, 3.05) is 5.32 Å². The maximum Gasteiger partial charge on any atom is 0.325 e. The summed E-state index contributed by atoms with van der Waals surface area (Å²) in [5.41, 5.74) is 0.730. The summed E-state index contributed by atoms with van der Waals surface area (Å²) in [6.07, 6.45) is 1.90. The summed E-state index contributed by atoms with van der Waals surface area (Å²) >= 11 is 5.87. The molecule has 11 heteroatoms. The number of carbonyl (C=O) groups is 2. The number of carboxylic acid groups (broad SMARTS) is 1. The molecule has 10 nitrogen and oxygen atoms in total. The normalized spacial score (nSPS) is 11.9. The van der Waals surface area contributed by atoms with E-state index in [1.54, 1.807) is 24.3 Å². The van der Waals surface area contributed by atoms with E-state index in [2.05, 4.69) is 25.8 Å². The molecule has 1 amide bonds. The van der Waals surface area contributed by atoms with Gasteiger partial charge in [-0.1, -0.05) is 18.5 Å². The standard InChI is InChI=1S/C16H16ClN7O3/c1-2-12(16(27)18-13-7-8-23(20-13)9-14(25)26)24-21-15(19-22-24)10-3-5-11(17)6-4-10/h3-8,12H,2,9H2,1H3,(H,25,26)(H,18,20,27). The van der Waals surface area contributed by atoms with Gasteiger partial charge in [-0.05, 0) is 35.9 Å². The average Bonchev–Trinajstić information content (AvgIpc) is 3.26. The fraction of sp³-hybridized carbons (Fsp3) is 0.250. The van der Waals surface area contributed by atoms with Crippen molar-refractivity contribution in [2.24, 2.45) is 0 Å². The molecule has 0 aliphatic carbocycles. The number of tetrazole rings is 1. The second-order valence-electron chi connectivity index (χ2n) is 5.65. The van der Waals surface area contributed by atoms with Crippen LogP contribution in [0.5, 0.6) is 0 Å². The number of amides is 1. The Hall–Kier alpha value is -3.27. The van der Waals surface area contributed by atoms with Crippen LogP contribution in [0.4, 0.5) is 5.82 Å². The minimum atomic E-state index is -1.02.